The zero-order valence-corrected chi connectivity index (χ0v) is 38.6. The lowest BCUT2D eigenvalue weighted by Crippen LogP contribution is -2.53. The topological polar surface area (TPSA) is 193 Å². The Kier molecular flexibility index (Phi) is 20.3. The Morgan fingerprint density at radius 3 is 1.95 bits per heavy atom. The summed E-state index contributed by atoms with van der Waals surface area (Å²) in [6, 6.07) is 5.66. The minimum atomic E-state index is -1.27. The molecule has 2 rings (SSSR count). The summed E-state index contributed by atoms with van der Waals surface area (Å²) in [4.78, 5) is 81.4. The second-order valence-electron chi connectivity index (χ2n) is 17.1. The fourth-order valence-electron chi connectivity index (χ4n) is 6.54. The lowest BCUT2D eigenvalue weighted by atomic mass is 9.95. The van der Waals surface area contributed by atoms with Crippen molar-refractivity contribution in [3.63, 3.8) is 0 Å². The highest BCUT2D eigenvalue weighted by Crippen LogP contribution is 2.29. The van der Waals surface area contributed by atoms with Crippen LogP contribution in [0.3, 0.4) is 0 Å². The van der Waals surface area contributed by atoms with E-state index in [1.165, 1.54) is 25.9 Å². The number of hydrogen-bond donors (Lipinski definition) is 5. The van der Waals surface area contributed by atoms with Crippen LogP contribution in [0.2, 0.25) is 0 Å². The second-order valence-corrected chi connectivity index (χ2v) is 17.1. The molecule has 338 valence electrons. The number of alkyl carbamates (subject to hydrolysis) is 2. The molecule has 0 aliphatic carbocycles. The maximum Gasteiger partial charge on any atom is 0.407 e. The smallest absolute Gasteiger partial charge is 0.407 e. The average Bonchev–Trinajstić information content (AvgIpc) is 3.15. The van der Waals surface area contributed by atoms with Crippen LogP contribution in [0.25, 0.3) is 6.08 Å². The summed E-state index contributed by atoms with van der Waals surface area (Å²) in [5, 5.41) is 13.6. The normalized spacial score (nSPS) is 13.0. The fraction of sp³-hybridized carbons (Fsp3) is 0.565. The molecule has 3 atom stereocenters. The molecule has 6 amide bonds. The third-order valence-corrected chi connectivity index (χ3v) is 9.29. The van der Waals surface area contributed by atoms with Gasteiger partial charge in [-0.25, -0.2) is 9.59 Å². The number of rotatable bonds is 20. The maximum absolute atomic E-state index is 14.7. The molecule has 0 aromatic heterocycles. The summed E-state index contributed by atoms with van der Waals surface area (Å²) in [6.45, 7) is 20.2. The SMILES string of the molecule is C/C=C/c1cc([C@@H](C(=O)N[C@@H](C)C(=O)NC)N(C)C(=O)[C@H](CCCNC(=O)OC(C)(C)C)NC(=O)c2c(C)cc(CCCC)cc2C)ccc1OCCNC(=O)OC(C)(C)C. The molecule has 0 saturated heterocycles. The number of nitrogens with one attached hydrogen (secondary N) is 5. The minimum Gasteiger partial charge on any atom is -0.491 e. The molecule has 15 nitrogen and oxygen atoms in total. The molecule has 0 radical (unpaired) electrons. The van der Waals surface area contributed by atoms with E-state index >= 15 is 0 Å². The van der Waals surface area contributed by atoms with Gasteiger partial charge in [-0.05, 0) is 129 Å². The van der Waals surface area contributed by atoms with Gasteiger partial charge in [0, 0.05) is 31.8 Å². The summed E-state index contributed by atoms with van der Waals surface area (Å²) in [7, 11) is 2.92. The summed E-state index contributed by atoms with van der Waals surface area (Å²) < 4.78 is 16.7. The molecule has 2 aromatic rings. The van der Waals surface area contributed by atoms with Crippen LogP contribution < -0.4 is 31.3 Å². The van der Waals surface area contributed by atoms with Crippen LogP contribution in [-0.4, -0.2) is 97.8 Å². The van der Waals surface area contributed by atoms with Crippen molar-refractivity contribution in [1.82, 2.24) is 31.5 Å². The number of nitrogens with zero attached hydrogens (tertiary/aromatic N) is 1. The van der Waals surface area contributed by atoms with Gasteiger partial charge < -0.3 is 45.7 Å². The number of likely N-dealkylation sites (N-methyl/N-ethyl adjacent to an activating group) is 2. The predicted octanol–water partition coefficient (Wildman–Crippen LogP) is 6.44. The Balaban J connectivity index is 2.55. The summed E-state index contributed by atoms with van der Waals surface area (Å²) in [5.41, 5.74) is 2.75. The number of carbonyl (C=O) groups excluding carboxylic acids is 6. The Morgan fingerprint density at radius 1 is 0.820 bits per heavy atom. The van der Waals surface area contributed by atoms with Gasteiger partial charge >= 0.3 is 12.2 Å². The first-order valence-electron chi connectivity index (χ1n) is 21.0. The fourth-order valence-corrected chi connectivity index (χ4v) is 6.54. The van der Waals surface area contributed by atoms with Crippen molar-refractivity contribution in [2.24, 2.45) is 0 Å². The van der Waals surface area contributed by atoms with Crippen molar-refractivity contribution >= 4 is 41.9 Å². The number of allylic oxidation sites excluding steroid dienone is 1. The van der Waals surface area contributed by atoms with E-state index in [1.807, 2.05) is 32.9 Å². The van der Waals surface area contributed by atoms with Gasteiger partial charge in [-0.3, -0.25) is 19.2 Å². The molecular formula is C46H70N6O9. The Hall–Kier alpha value is -5.60. The van der Waals surface area contributed by atoms with Crippen LogP contribution in [-0.2, 0) is 30.3 Å². The molecule has 0 heterocycles. The van der Waals surface area contributed by atoms with Gasteiger partial charge in [-0.15, -0.1) is 0 Å². The lowest BCUT2D eigenvalue weighted by Gasteiger charge is -2.32. The number of amides is 6. The van der Waals surface area contributed by atoms with E-state index < -0.39 is 65.1 Å². The highest BCUT2D eigenvalue weighted by molar-refractivity contribution is 6.00. The standard InChI is InChI=1S/C46H70N6O9/c1-14-16-19-32-26-29(3)37(30(4)27-32)40(54)51-35(20-17-23-48-43(57)60-45(6,7)8)42(56)52(13)38(41(55)50-31(5)39(53)47-12)34-21-22-36(33(28-34)18-15-2)59-25-24-49-44(58)61-46(9,10)11/h15,18,21-22,26-28,31,35,38H,14,16-17,19-20,23-25H2,1-13H3,(H,47,53)(H,48,57)(H,49,58)(H,50,55)(H,51,54)/b18-15+/t31-,35-,38-/m0/s1. The van der Waals surface area contributed by atoms with E-state index in [0.29, 0.717) is 22.4 Å². The van der Waals surface area contributed by atoms with Gasteiger partial charge in [0.1, 0.15) is 41.7 Å². The number of unbranched alkanes of at least 4 members (excludes halogenated alkanes) is 1. The van der Waals surface area contributed by atoms with Gasteiger partial charge in [0.05, 0.1) is 6.54 Å². The van der Waals surface area contributed by atoms with Crippen molar-refractivity contribution in [2.75, 3.05) is 33.8 Å². The monoisotopic (exact) mass is 851 g/mol. The van der Waals surface area contributed by atoms with Gasteiger partial charge in [-0.1, -0.05) is 43.7 Å². The van der Waals surface area contributed by atoms with E-state index in [2.05, 4.69) is 33.5 Å². The van der Waals surface area contributed by atoms with Crippen molar-refractivity contribution in [2.45, 2.75) is 138 Å². The number of hydrogen-bond acceptors (Lipinski definition) is 9. The molecule has 0 bridgehead atoms. The minimum absolute atomic E-state index is 0.105. The third-order valence-electron chi connectivity index (χ3n) is 9.29. The highest BCUT2D eigenvalue weighted by atomic mass is 16.6. The molecule has 0 fully saturated rings. The Morgan fingerprint density at radius 2 is 1.41 bits per heavy atom. The van der Waals surface area contributed by atoms with Crippen molar-refractivity contribution in [1.29, 1.82) is 0 Å². The van der Waals surface area contributed by atoms with E-state index in [9.17, 15) is 28.8 Å². The molecule has 0 aliphatic heterocycles. The summed E-state index contributed by atoms with van der Waals surface area (Å²) >= 11 is 0. The molecular weight excluding hydrogens is 781 g/mol. The van der Waals surface area contributed by atoms with E-state index in [4.69, 9.17) is 14.2 Å². The van der Waals surface area contributed by atoms with Crippen LogP contribution in [0.4, 0.5) is 9.59 Å². The van der Waals surface area contributed by atoms with E-state index in [-0.39, 0.29) is 32.5 Å². The first-order valence-corrected chi connectivity index (χ1v) is 21.0. The van der Waals surface area contributed by atoms with Crippen LogP contribution in [0.5, 0.6) is 5.75 Å². The van der Waals surface area contributed by atoms with E-state index in [0.717, 1.165) is 36.0 Å². The summed E-state index contributed by atoms with van der Waals surface area (Å²) in [5.74, 6) is -1.65. The number of benzene rings is 2. The summed E-state index contributed by atoms with van der Waals surface area (Å²) in [6.07, 6.45) is 5.70. The second kappa shape index (κ2) is 24.0. The molecule has 0 unspecified atom stereocenters. The van der Waals surface area contributed by atoms with Gasteiger partial charge in [0.15, 0.2) is 0 Å². The molecule has 0 saturated carbocycles. The first-order chi connectivity index (χ1) is 28.5. The van der Waals surface area contributed by atoms with Crippen LogP contribution in [0.1, 0.15) is 132 Å². The number of ether oxygens (including phenoxy) is 3. The van der Waals surface area contributed by atoms with Crippen molar-refractivity contribution in [3.05, 3.63) is 69.8 Å². The Bertz CT molecular complexity index is 1840. The molecule has 15 heteroatoms. The Labute approximate surface area is 362 Å². The molecule has 0 aliphatic rings. The zero-order chi connectivity index (χ0) is 46.1. The quantitative estimate of drug-likeness (QED) is 0.0934. The van der Waals surface area contributed by atoms with Gasteiger partial charge in [0.25, 0.3) is 5.91 Å². The van der Waals surface area contributed by atoms with Crippen molar-refractivity contribution in [3.8, 4) is 5.75 Å². The number of aryl methyl sites for hydroxylation is 3. The average molecular weight is 851 g/mol. The van der Waals surface area contributed by atoms with Gasteiger partial charge in [-0.2, -0.15) is 0 Å². The molecule has 0 spiro atoms. The van der Waals surface area contributed by atoms with Crippen LogP contribution >= 0.6 is 0 Å². The van der Waals surface area contributed by atoms with Crippen LogP contribution in [0.15, 0.2) is 36.4 Å². The largest absolute Gasteiger partial charge is 0.491 e. The predicted molar refractivity (Wildman–Crippen MR) is 237 cm³/mol. The highest BCUT2D eigenvalue weighted by Gasteiger charge is 2.35. The lowest BCUT2D eigenvalue weighted by molar-refractivity contribution is -0.141. The molecule has 2 aromatic carbocycles. The van der Waals surface area contributed by atoms with Crippen LogP contribution in [0, 0.1) is 13.8 Å². The van der Waals surface area contributed by atoms with Gasteiger partial charge in [0.2, 0.25) is 17.7 Å². The van der Waals surface area contributed by atoms with Crippen molar-refractivity contribution < 1.29 is 43.0 Å². The first kappa shape index (κ1) is 51.5. The molecule has 5 N–H and O–H groups in total. The number of carbonyl (C=O) groups is 6. The molecule has 61 heavy (non-hydrogen) atoms. The third kappa shape index (κ3) is 17.5. The zero-order valence-electron chi connectivity index (χ0n) is 38.6. The maximum atomic E-state index is 14.7. The van der Waals surface area contributed by atoms with E-state index in [1.54, 1.807) is 71.9 Å².